The molecule has 1 rings (SSSR count). The highest BCUT2D eigenvalue weighted by atomic mass is 35.5. The molecule has 0 N–H and O–H groups in total. The van der Waals surface area contributed by atoms with Crippen molar-refractivity contribution >= 4 is 28.7 Å². The van der Waals surface area contributed by atoms with E-state index in [0.29, 0.717) is 18.6 Å². The Morgan fingerprint density at radius 2 is 2.31 bits per heavy atom. The maximum absolute atomic E-state index is 11.3. The Hall–Kier alpha value is -0.340. The molecule has 0 radical (unpaired) electrons. The minimum Gasteiger partial charge on any atom is -0.299 e. The van der Waals surface area contributed by atoms with Crippen LogP contribution in [-0.4, -0.2) is 5.78 Å². The van der Waals surface area contributed by atoms with E-state index in [1.165, 1.54) is 11.3 Å². The Balaban J connectivity index is 2.36. The molecular weight excluding hydrogens is 204 g/mol. The van der Waals surface area contributed by atoms with Gasteiger partial charge in [-0.25, -0.2) is 0 Å². The fourth-order valence-electron chi connectivity index (χ4n) is 1.10. The smallest absolute Gasteiger partial charge is 0.138 e. The highest BCUT2D eigenvalue weighted by Crippen LogP contribution is 2.22. The predicted octanol–water partition coefficient (Wildman–Crippen LogP) is 3.70. The Labute approximate surface area is 87.7 Å². The van der Waals surface area contributed by atoms with E-state index in [9.17, 15) is 4.79 Å². The average Bonchev–Trinajstić information content (AvgIpc) is 2.48. The summed E-state index contributed by atoms with van der Waals surface area (Å²) in [4.78, 5) is 12.4. The number of Topliss-reactive ketones (excluding diaryl/α,β-unsaturated/α-hetero) is 1. The van der Waals surface area contributed by atoms with Crippen LogP contribution >= 0.6 is 22.9 Å². The molecule has 13 heavy (non-hydrogen) atoms. The van der Waals surface area contributed by atoms with Crippen LogP contribution in [0.15, 0.2) is 12.1 Å². The summed E-state index contributed by atoms with van der Waals surface area (Å²) in [5.41, 5.74) is 0. The van der Waals surface area contributed by atoms with Gasteiger partial charge >= 0.3 is 0 Å². The van der Waals surface area contributed by atoms with Gasteiger partial charge in [-0.15, -0.1) is 11.3 Å². The molecule has 0 amide bonds. The first-order valence-electron chi connectivity index (χ1n) is 4.48. The summed E-state index contributed by atoms with van der Waals surface area (Å²) >= 11 is 7.25. The van der Waals surface area contributed by atoms with Gasteiger partial charge in [-0.3, -0.25) is 4.79 Å². The lowest BCUT2D eigenvalue weighted by molar-refractivity contribution is -0.118. The molecular formula is C10H13ClOS. The van der Waals surface area contributed by atoms with Crippen molar-refractivity contribution in [2.45, 2.75) is 32.6 Å². The third-order valence-corrected chi connectivity index (χ3v) is 3.04. The molecule has 0 saturated heterocycles. The second kappa shape index (κ2) is 5.40. The quantitative estimate of drug-likeness (QED) is 0.734. The zero-order valence-corrected chi connectivity index (χ0v) is 9.25. The zero-order chi connectivity index (χ0) is 9.68. The molecule has 0 spiro atoms. The molecule has 0 bridgehead atoms. The second-order valence-corrected chi connectivity index (χ2v) is 4.82. The Kier molecular flexibility index (Phi) is 4.46. The lowest BCUT2D eigenvalue weighted by atomic mass is 10.1. The molecule has 0 aliphatic heterocycles. The summed E-state index contributed by atoms with van der Waals surface area (Å²) in [7, 11) is 0. The highest BCUT2D eigenvalue weighted by molar-refractivity contribution is 7.16. The Morgan fingerprint density at radius 3 is 2.85 bits per heavy atom. The van der Waals surface area contributed by atoms with Crippen molar-refractivity contribution in [3.63, 3.8) is 0 Å². The van der Waals surface area contributed by atoms with Crippen LogP contribution in [0.3, 0.4) is 0 Å². The summed E-state index contributed by atoms with van der Waals surface area (Å²) < 4.78 is 0.762. The maximum atomic E-state index is 11.3. The van der Waals surface area contributed by atoms with E-state index in [2.05, 4.69) is 6.92 Å². The van der Waals surface area contributed by atoms with Crippen LogP contribution in [0.2, 0.25) is 4.34 Å². The van der Waals surface area contributed by atoms with Crippen LogP contribution in [0.25, 0.3) is 0 Å². The van der Waals surface area contributed by atoms with Gasteiger partial charge in [-0.05, 0) is 18.6 Å². The standard InChI is InChI=1S/C10H13ClOS/c1-2-3-4-8(12)7-9-5-6-10(11)13-9/h5-6H,2-4,7H2,1H3. The predicted molar refractivity (Wildman–Crippen MR) is 57.6 cm³/mol. The lowest BCUT2D eigenvalue weighted by Crippen LogP contribution is -2.00. The van der Waals surface area contributed by atoms with Gasteiger partial charge in [0.25, 0.3) is 0 Å². The van der Waals surface area contributed by atoms with Crippen molar-refractivity contribution in [2.24, 2.45) is 0 Å². The number of unbranched alkanes of at least 4 members (excludes halogenated alkanes) is 1. The zero-order valence-electron chi connectivity index (χ0n) is 7.68. The van der Waals surface area contributed by atoms with Gasteiger partial charge in [-0.2, -0.15) is 0 Å². The minimum absolute atomic E-state index is 0.320. The van der Waals surface area contributed by atoms with Gasteiger partial charge in [0.15, 0.2) is 0 Å². The molecule has 1 aromatic rings. The van der Waals surface area contributed by atoms with Gasteiger partial charge in [0, 0.05) is 17.7 Å². The molecule has 0 aromatic carbocycles. The van der Waals surface area contributed by atoms with Crippen molar-refractivity contribution in [3.05, 3.63) is 21.3 Å². The number of carbonyl (C=O) groups excluding carboxylic acids is 1. The molecule has 0 aliphatic rings. The molecule has 72 valence electrons. The number of carbonyl (C=O) groups is 1. The third-order valence-electron chi connectivity index (χ3n) is 1.81. The topological polar surface area (TPSA) is 17.1 Å². The SMILES string of the molecule is CCCCC(=O)Cc1ccc(Cl)s1. The molecule has 1 aromatic heterocycles. The number of thiophene rings is 1. The molecule has 1 heterocycles. The Bertz CT molecular complexity index is 280. The summed E-state index contributed by atoms with van der Waals surface area (Å²) in [6, 6.07) is 3.77. The van der Waals surface area contributed by atoms with E-state index in [0.717, 1.165) is 22.1 Å². The highest BCUT2D eigenvalue weighted by Gasteiger charge is 2.04. The molecule has 3 heteroatoms. The first kappa shape index (κ1) is 10.7. The lowest BCUT2D eigenvalue weighted by Gasteiger charge is -1.96. The maximum Gasteiger partial charge on any atom is 0.138 e. The van der Waals surface area contributed by atoms with Crippen molar-refractivity contribution in [2.75, 3.05) is 0 Å². The van der Waals surface area contributed by atoms with Gasteiger partial charge in [0.05, 0.1) is 4.34 Å². The molecule has 0 fully saturated rings. The second-order valence-electron chi connectivity index (χ2n) is 3.02. The molecule has 0 aliphatic carbocycles. The van der Waals surface area contributed by atoms with Crippen molar-refractivity contribution in [1.29, 1.82) is 0 Å². The fraction of sp³-hybridized carbons (Fsp3) is 0.500. The van der Waals surface area contributed by atoms with Crippen molar-refractivity contribution in [1.82, 2.24) is 0 Å². The summed E-state index contributed by atoms with van der Waals surface area (Å²) in [5, 5.41) is 0. The van der Waals surface area contributed by atoms with Crippen molar-refractivity contribution < 1.29 is 4.79 Å². The monoisotopic (exact) mass is 216 g/mol. The summed E-state index contributed by atoms with van der Waals surface area (Å²) in [5.74, 6) is 0.320. The molecule has 0 saturated carbocycles. The van der Waals surface area contributed by atoms with E-state index < -0.39 is 0 Å². The van der Waals surface area contributed by atoms with E-state index >= 15 is 0 Å². The normalized spacial score (nSPS) is 10.3. The van der Waals surface area contributed by atoms with Crippen LogP contribution in [0.5, 0.6) is 0 Å². The number of halogens is 1. The molecule has 1 nitrogen and oxygen atoms in total. The third kappa shape index (κ3) is 3.92. The van der Waals surface area contributed by atoms with Crippen LogP contribution in [0.1, 0.15) is 31.1 Å². The minimum atomic E-state index is 0.320. The number of hydrogen-bond acceptors (Lipinski definition) is 2. The van der Waals surface area contributed by atoms with Gasteiger partial charge in [0.1, 0.15) is 5.78 Å². The van der Waals surface area contributed by atoms with Crippen LogP contribution in [0, 0.1) is 0 Å². The van der Waals surface area contributed by atoms with Crippen molar-refractivity contribution in [3.8, 4) is 0 Å². The van der Waals surface area contributed by atoms with Gasteiger partial charge < -0.3 is 0 Å². The summed E-state index contributed by atoms with van der Waals surface area (Å²) in [6.07, 6.45) is 3.33. The first-order chi connectivity index (χ1) is 6.22. The summed E-state index contributed by atoms with van der Waals surface area (Å²) in [6.45, 7) is 2.09. The average molecular weight is 217 g/mol. The van der Waals surface area contributed by atoms with Gasteiger partial charge in [0.2, 0.25) is 0 Å². The fourth-order valence-corrected chi connectivity index (χ4v) is 2.22. The molecule has 0 atom stereocenters. The van der Waals surface area contributed by atoms with Gasteiger partial charge in [-0.1, -0.05) is 24.9 Å². The van der Waals surface area contributed by atoms with Crippen LogP contribution < -0.4 is 0 Å². The van der Waals surface area contributed by atoms with E-state index in [4.69, 9.17) is 11.6 Å². The van der Waals surface area contributed by atoms with E-state index in [-0.39, 0.29) is 0 Å². The van der Waals surface area contributed by atoms with E-state index in [1.54, 1.807) is 0 Å². The van der Waals surface area contributed by atoms with E-state index in [1.807, 2.05) is 12.1 Å². The van der Waals surface area contributed by atoms with Crippen LogP contribution in [0.4, 0.5) is 0 Å². The Morgan fingerprint density at radius 1 is 1.54 bits per heavy atom. The van der Waals surface area contributed by atoms with Crippen LogP contribution in [-0.2, 0) is 11.2 Å². The molecule has 0 unspecified atom stereocenters. The first-order valence-corrected chi connectivity index (χ1v) is 5.67. The number of hydrogen-bond donors (Lipinski definition) is 0. The number of rotatable bonds is 5. The number of ketones is 1. The largest absolute Gasteiger partial charge is 0.299 e.